The van der Waals surface area contributed by atoms with Gasteiger partial charge in [0.2, 0.25) is 5.91 Å². The largest absolute Gasteiger partial charge is 0.463 e. The summed E-state index contributed by atoms with van der Waals surface area (Å²) in [5.74, 6) is -0.677. The molecule has 0 bridgehead atoms. The Labute approximate surface area is 164 Å². The molecule has 27 heavy (non-hydrogen) atoms. The predicted octanol–water partition coefficient (Wildman–Crippen LogP) is 4.28. The van der Waals surface area contributed by atoms with Gasteiger partial charge in [0.25, 0.3) is 0 Å². The normalized spacial score (nSPS) is 11.5. The van der Waals surface area contributed by atoms with E-state index in [2.05, 4.69) is 10.3 Å². The molecular weight excluding hydrogens is 386 g/mol. The van der Waals surface area contributed by atoms with Crippen LogP contribution in [0.1, 0.15) is 18.2 Å². The summed E-state index contributed by atoms with van der Waals surface area (Å²) < 4.78 is 6.64. The summed E-state index contributed by atoms with van der Waals surface area (Å²) in [4.78, 5) is 28.4. The van der Waals surface area contributed by atoms with Crippen molar-refractivity contribution >= 4 is 57.6 Å². The molecule has 1 aromatic carbocycles. The lowest BCUT2D eigenvalue weighted by atomic mass is 10.2. The fourth-order valence-corrected chi connectivity index (χ4v) is 3.30. The number of amides is 1. The number of benzene rings is 1. The van der Waals surface area contributed by atoms with E-state index in [1.807, 2.05) is 16.0 Å². The van der Waals surface area contributed by atoms with E-state index < -0.39 is 5.97 Å². The summed E-state index contributed by atoms with van der Waals surface area (Å²) in [6.07, 6.45) is 7.89. The van der Waals surface area contributed by atoms with Gasteiger partial charge < -0.3 is 10.1 Å². The third kappa shape index (κ3) is 4.84. The second-order valence-corrected chi connectivity index (χ2v) is 6.60. The molecule has 6 nitrogen and oxygen atoms in total. The zero-order chi connectivity index (χ0) is 19.2. The topological polar surface area (TPSA) is 72.7 Å². The first-order valence-electron chi connectivity index (χ1n) is 8.12. The van der Waals surface area contributed by atoms with Gasteiger partial charge in [-0.1, -0.05) is 23.7 Å². The highest BCUT2D eigenvalue weighted by Gasteiger charge is 2.08. The standard InChI is InChI=1S/C19H16ClN3O3S/c1-2-26-17(25)10-5-13-3-6-14(7-4-13)21-16(24)9-8-15-18(20)22-19-23(15)11-12-27-19/h3-12H,2H2,1H3,(H,21,24)/b9-8+,10-5+. The van der Waals surface area contributed by atoms with Gasteiger partial charge in [-0.3, -0.25) is 9.20 Å². The van der Waals surface area contributed by atoms with Crippen molar-refractivity contribution in [3.8, 4) is 0 Å². The molecule has 0 aliphatic heterocycles. The van der Waals surface area contributed by atoms with E-state index in [9.17, 15) is 9.59 Å². The molecule has 138 valence electrons. The van der Waals surface area contributed by atoms with Gasteiger partial charge in [-0.25, -0.2) is 9.78 Å². The Hall–Kier alpha value is -2.90. The molecule has 1 N–H and O–H groups in total. The van der Waals surface area contributed by atoms with Crippen LogP contribution in [0.2, 0.25) is 5.15 Å². The average Bonchev–Trinajstić information content (AvgIpc) is 3.20. The number of hydrogen-bond donors (Lipinski definition) is 1. The number of nitrogens with one attached hydrogen (secondary N) is 1. The summed E-state index contributed by atoms with van der Waals surface area (Å²) in [7, 11) is 0. The zero-order valence-electron chi connectivity index (χ0n) is 14.4. The monoisotopic (exact) mass is 401 g/mol. The van der Waals surface area contributed by atoms with Crippen molar-refractivity contribution in [3.05, 3.63) is 64.4 Å². The van der Waals surface area contributed by atoms with E-state index in [0.29, 0.717) is 23.1 Å². The minimum absolute atomic E-state index is 0.286. The van der Waals surface area contributed by atoms with Crippen molar-refractivity contribution in [3.63, 3.8) is 0 Å². The minimum atomic E-state index is -0.390. The lowest BCUT2D eigenvalue weighted by Gasteiger charge is -2.02. The van der Waals surface area contributed by atoms with Gasteiger partial charge in [0.15, 0.2) is 10.1 Å². The Kier molecular flexibility index (Phi) is 6.05. The van der Waals surface area contributed by atoms with Crippen LogP contribution in [0.25, 0.3) is 17.1 Å². The lowest BCUT2D eigenvalue weighted by molar-refractivity contribution is -0.137. The highest BCUT2D eigenvalue weighted by Crippen LogP contribution is 2.22. The Morgan fingerprint density at radius 2 is 2.04 bits per heavy atom. The summed E-state index contributed by atoms with van der Waals surface area (Å²) >= 11 is 7.56. The highest BCUT2D eigenvalue weighted by molar-refractivity contribution is 7.15. The molecule has 3 aromatic rings. The lowest BCUT2D eigenvalue weighted by Crippen LogP contribution is -2.07. The smallest absolute Gasteiger partial charge is 0.330 e. The molecule has 1 amide bonds. The second-order valence-electron chi connectivity index (χ2n) is 5.37. The van der Waals surface area contributed by atoms with Gasteiger partial charge in [-0.2, -0.15) is 0 Å². The summed E-state index contributed by atoms with van der Waals surface area (Å²) in [6.45, 7) is 2.09. The molecule has 0 saturated heterocycles. The molecular formula is C19H16ClN3O3S. The van der Waals surface area contributed by atoms with Gasteiger partial charge in [0.1, 0.15) is 0 Å². The number of esters is 1. The zero-order valence-corrected chi connectivity index (χ0v) is 16.0. The number of ether oxygens (including phenoxy) is 1. The van der Waals surface area contributed by atoms with Crippen LogP contribution >= 0.6 is 22.9 Å². The quantitative estimate of drug-likeness (QED) is 0.494. The van der Waals surface area contributed by atoms with Gasteiger partial charge in [0.05, 0.1) is 12.3 Å². The molecule has 8 heteroatoms. The van der Waals surface area contributed by atoms with Gasteiger partial charge >= 0.3 is 5.97 Å². The van der Waals surface area contributed by atoms with E-state index in [0.717, 1.165) is 10.5 Å². The Morgan fingerprint density at radius 1 is 1.26 bits per heavy atom. The SMILES string of the molecule is CCOC(=O)/C=C/c1ccc(NC(=O)/C=C/c2c(Cl)nc3sccn23)cc1. The number of aromatic nitrogens is 2. The average molecular weight is 402 g/mol. The van der Waals surface area contributed by atoms with Crippen LogP contribution in [0.15, 0.2) is 48.0 Å². The van der Waals surface area contributed by atoms with Crippen molar-refractivity contribution in [1.29, 1.82) is 0 Å². The summed E-state index contributed by atoms with van der Waals surface area (Å²) in [5, 5.41) is 5.01. The van der Waals surface area contributed by atoms with Gasteiger partial charge in [-0.05, 0) is 36.8 Å². The van der Waals surface area contributed by atoms with Crippen LogP contribution in [0, 0.1) is 0 Å². The number of halogens is 1. The highest BCUT2D eigenvalue weighted by atomic mass is 35.5. The third-order valence-corrected chi connectivity index (χ3v) is 4.56. The first kappa shape index (κ1) is 18.9. The molecule has 0 aliphatic rings. The number of thiazole rings is 1. The van der Waals surface area contributed by atoms with Crippen LogP contribution in [-0.2, 0) is 14.3 Å². The fraction of sp³-hybridized carbons (Fsp3) is 0.105. The Bertz CT molecular complexity index is 1020. The molecule has 0 atom stereocenters. The maximum Gasteiger partial charge on any atom is 0.330 e. The van der Waals surface area contributed by atoms with Crippen LogP contribution in [0.4, 0.5) is 5.69 Å². The van der Waals surface area contributed by atoms with Crippen molar-refractivity contribution in [2.75, 3.05) is 11.9 Å². The molecule has 0 aliphatic carbocycles. The predicted molar refractivity (Wildman–Crippen MR) is 108 cm³/mol. The van der Waals surface area contributed by atoms with Crippen LogP contribution < -0.4 is 5.32 Å². The third-order valence-electron chi connectivity index (χ3n) is 3.52. The minimum Gasteiger partial charge on any atom is -0.463 e. The summed E-state index contributed by atoms with van der Waals surface area (Å²) in [6, 6.07) is 7.08. The number of anilines is 1. The first-order chi connectivity index (χ1) is 13.1. The fourth-order valence-electron chi connectivity index (χ4n) is 2.30. The van der Waals surface area contributed by atoms with Crippen molar-refractivity contribution < 1.29 is 14.3 Å². The van der Waals surface area contributed by atoms with E-state index >= 15 is 0 Å². The second kappa shape index (κ2) is 8.66. The van der Waals surface area contributed by atoms with Gasteiger partial charge in [0, 0.05) is 29.4 Å². The maximum atomic E-state index is 12.1. The molecule has 2 heterocycles. The van der Waals surface area contributed by atoms with Crippen molar-refractivity contribution in [1.82, 2.24) is 9.38 Å². The molecule has 0 spiro atoms. The molecule has 3 rings (SSSR count). The molecule has 0 fully saturated rings. The summed E-state index contributed by atoms with van der Waals surface area (Å²) in [5.41, 5.74) is 2.11. The maximum absolute atomic E-state index is 12.1. The Balaban J connectivity index is 1.61. The number of carbonyl (C=O) groups is 2. The van der Waals surface area contributed by atoms with Crippen LogP contribution in [0.3, 0.4) is 0 Å². The Morgan fingerprint density at radius 3 is 2.78 bits per heavy atom. The number of carbonyl (C=O) groups excluding carboxylic acids is 2. The van der Waals surface area contributed by atoms with Crippen LogP contribution in [0.5, 0.6) is 0 Å². The van der Waals surface area contributed by atoms with E-state index in [1.165, 1.54) is 23.5 Å². The van der Waals surface area contributed by atoms with Crippen molar-refractivity contribution in [2.45, 2.75) is 6.92 Å². The molecule has 0 radical (unpaired) electrons. The number of hydrogen-bond acceptors (Lipinski definition) is 5. The molecule has 2 aromatic heterocycles. The van der Waals surface area contributed by atoms with E-state index in [1.54, 1.807) is 43.3 Å². The first-order valence-corrected chi connectivity index (χ1v) is 9.37. The van der Waals surface area contributed by atoms with E-state index in [-0.39, 0.29) is 5.91 Å². The number of imidazole rings is 1. The number of fused-ring (bicyclic) bond motifs is 1. The van der Waals surface area contributed by atoms with Crippen molar-refractivity contribution in [2.24, 2.45) is 0 Å². The van der Waals surface area contributed by atoms with E-state index in [4.69, 9.17) is 16.3 Å². The number of rotatable bonds is 6. The molecule has 0 saturated carbocycles. The van der Waals surface area contributed by atoms with Crippen LogP contribution in [-0.4, -0.2) is 27.9 Å². The van der Waals surface area contributed by atoms with Gasteiger partial charge in [-0.15, -0.1) is 11.3 Å². The molecule has 0 unspecified atom stereocenters. The number of nitrogens with zero attached hydrogens (tertiary/aromatic N) is 2.